The molecule has 0 aliphatic carbocycles. The van der Waals surface area contributed by atoms with Gasteiger partial charge in [-0.1, -0.05) is 48.2 Å². The summed E-state index contributed by atoms with van der Waals surface area (Å²) in [6, 6.07) is 56.0. The number of carbonyl (C=O) groups excluding carboxylic acids is 2. The fourth-order valence-corrected chi connectivity index (χ4v) is 13.1. The lowest BCUT2D eigenvalue weighted by Crippen LogP contribution is -2.31. The van der Waals surface area contributed by atoms with Crippen molar-refractivity contribution in [3.8, 4) is 57.8 Å². The van der Waals surface area contributed by atoms with Gasteiger partial charge in [0.1, 0.15) is 0 Å². The van der Waals surface area contributed by atoms with Crippen molar-refractivity contribution in [1.29, 1.82) is 0 Å². The Morgan fingerprint density at radius 1 is 0.418 bits per heavy atom. The van der Waals surface area contributed by atoms with Gasteiger partial charge in [-0.3, -0.25) is 4.79 Å². The number of amides is 1. The predicted octanol–water partition coefficient (Wildman–Crippen LogP) is 10.3. The summed E-state index contributed by atoms with van der Waals surface area (Å²) >= 11 is 1.64. The first kappa shape index (κ1) is 81.8. The Bertz CT molecular complexity index is 6050. The van der Waals surface area contributed by atoms with Gasteiger partial charge < -0.3 is 104 Å². The Balaban J connectivity index is 0.000000125. The molecule has 0 bridgehead atoms. The average molecular weight is 1670 g/mol. The molecule has 1 unspecified atom stereocenters. The Hall–Kier alpha value is -16.8. The lowest BCUT2D eigenvalue weighted by atomic mass is 10.1. The zero-order valence-corrected chi connectivity index (χ0v) is 66.8. The SMILES string of the molecule is COC(=O)c1ccc(Nc2nc(N)n(-c3ccccn3)n2)cc1.COc1ccc(Nc2nc(N)n(-c3ccnc(N4CCCCC4)n3)n2)cc1OC.COc1ccc(Nc2nc(N)n(C3Nc4ccccc4S3)n2)cc1OC.NC(=O)c1cccc(Nc2nc(N)n(-c3ccccn3)n2)c1.Nc1nc(Nc2ccc3c(c2)OCO3)nn1-c1ccccn1. The molecule has 18 N–H and O–H groups in total. The molecule has 1 amide bonds. The number of ether oxygens (including phenoxy) is 7. The lowest BCUT2D eigenvalue weighted by molar-refractivity contribution is 0.0600. The molecule has 12 heterocycles. The molecule has 0 saturated carbocycles. The second kappa shape index (κ2) is 38.3. The van der Waals surface area contributed by atoms with Gasteiger partial charge in [-0.25, -0.2) is 24.7 Å². The van der Waals surface area contributed by atoms with Crippen molar-refractivity contribution in [2.24, 2.45) is 5.73 Å². The molecule has 122 heavy (non-hydrogen) atoms. The molecule has 6 aromatic carbocycles. The number of esters is 1. The van der Waals surface area contributed by atoms with Crippen molar-refractivity contribution in [3.05, 3.63) is 224 Å². The Kier molecular flexibility index (Phi) is 25.7. The Morgan fingerprint density at radius 3 is 1.38 bits per heavy atom. The third-order valence-corrected chi connectivity index (χ3v) is 18.9. The molecule has 18 rings (SSSR count). The van der Waals surface area contributed by atoms with E-state index in [4.69, 9.17) is 62.8 Å². The van der Waals surface area contributed by atoms with Crippen molar-refractivity contribution >= 4 is 123 Å². The number of anilines is 17. The van der Waals surface area contributed by atoms with Crippen LogP contribution in [0.1, 0.15) is 45.5 Å². The van der Waals surface area contributed by atoms with Crippen molar-refractivity contribution in [3.63, 3.8) is 0 Å². The van der Waals surface area contributed by atoms with Crippen LogP contribution in [0.15, 0.2) is 218 Å². The van der Waals surface area contributed by atoms with E-state index in [1.165, 1.54) is 32.3 Å². The van der Waals surface area contributed by atoms with Crippen LogP contribution in [-0.4, -0.2) is 166 Å². The normalized spacial score (nSPS) is 12.6. The molecule has 3 aliphatic heterocycles. The Labute approximate surface area is 699 Å². The maximum atomic E-state index is 11.4. The van der Waals surface area contributed by atoms with Gasteiger partial charge in [-0.15, -0.1) is 25.5 Å². The number of pyridine rings is 3. The van der Waals surface area contributed by atoms with Gasteiger partial charge >= 0.3 is 5.97 Å². The molecule has 9 aromatic heterocycles. The number of primary amides is 1. The number of methoxy groups -OCH3 is 5. The van der Waals surface area contributed by atoms with E-state index in [-0.39, 0.29) is 36.1 Å². The van der Waals surface area contributed by atoms with Crippen LogP contribution in [0.2, 0.25) is 0 Å². The largest absolute Gasteiger partial charge is 0.493 e. The highest BCUT2D eigenvalue weighted by Crippen LogP contribution is 2.45. The number of carbonyl (C=O) groups is 2. The summed E-state index contributed by atoms with van der Waals surface area (Å²) in [4.78, 5) is 68.5. The van der Waals surface area contributed by atoms with E-state index in [0.717, 1.165) is 65.0 Å². The minimum absolute atomic E-state index is 0.138. The van der Waals surface area contributed by atoms with E-state index < -0.39 is 11.9 Å². The highest BCUT2D eigenvalue weighted by Gasteiger charge is 2.27. The molecular formula is C79H81N33O9S. The van der Waals surface area contributed by atoms with E-state index >= 15 is 0 Å². The van der Waals surface area contributed by atoms with Gasteiger partial charge in [-0.2, -0.15) is 53.3 Å². The van der Waals surface area contributed by atoms with Crippen LogP contribution in [-0.2, 0) is 4.74 Å². The highest BCUT2D eigenvalue weighted by molar-refractivity contribution is 8.00. The summed E-state index contributed by atoms with van der Waals surface area (Å²) < 4.78 is 43.9. The van der Waals surface area contributed by atoms with Gasteiger partial charge in [0.15, 0.2) is 63.3 Å². The first-order valence-corrected chi connectivity index (χ1v) is 38.1. The van der Waals surface area contributed by atoms with Crippen LogP contribution in [0.3, 0.4) is 0 Å². The van der Waals surface area contributed by atoms with Gasteiger partial charge in [0, 0.05) is 101 Å². The van der Waals surface area contributed by atoms with E-state index in [1.807, 2.05) is 84.9 Å². The van der Waals surface area contributed by atoms with Crippen molar-refractivity contribution < 1.29 is 42.7 Å². The van der Waals surface area contributed by atoms with Crippen LogP contribution < -0.4 is 99.6 Å². The summed E-state index contributed by atoms with van der Waals surface area (Å²) in [5, 5.41) is 40.5. The summed E-state index contributed by atoms with van der Waals surface area (Å²) in [6.07, 6.45) is 10.2. The van der Waals surface area contributed by atoms with Crippen molar-refractivity contribution in [2.75, 3.05) is 121 Å². The third kappa shape index (κ3) is 20.2. The molecule has 0 radical (unpaired) electrons. The first-order valence-electron chi connectivity index (χ1n) is 37.2. The van der Waals surface area contributed by atoms with E-state index in [9.17, 15) is 9.59 Å². The van der Waals surface area contributed by atoms with E-state index in [0.29, 0.717) is 110 Å². The number of thioether (sulfide) groups is 1. The number of nitrogen functional groups attached to an aromatic ring is 5. The Morgan fingerprint density at radius 2 is 0.877 bits per heavy atom. The topological polar surface area (TPSA) is 548 Å². The van der Waals surface area contributed by atoms with Crippen molar-refractivity contribution in [1.82, 2.24) is 98.7 Å². The molecular weight excluding hydrogens is 1590 g/mol. The summed E-state index contributed by atoms with van der Waals surface area (Å²) in [5.74, 6) is 9.03. The minimum Gasteiger partial charge on any atom is -0.493 e. The number of fused-ring (bicyclic) bond motifs is 2. The van der Waals surface area contributed by atoms with Crippen LogP contribution >= 0.6 is 11.8 Å². The van der Waals surface area contributed by atoms with Gasteiger partial charge in [0.05, 0.1) is 46.8 Å². The van der Waals surface area contributed by atoms with Gasteiger partial charge in [0.25, 0.3) is 0 Å². The van der Waals surface area contributed by atoms with Crippen molar-refractivity contribution in [2.45, 2.75) is 29.7 Å². The molecule has 1 saturated heterocycles. The lowest BCUT2D eigenvalue weighted by Gasteiger charge is -2.26. The highest BCUT2D eigenvalue weighted by atomic mass is 32.2. The van der Waals surface area contributed by atoms with Gasteiger partial charge in [-0.05, 0) is 147 Å². The second-order valence-electron chi connectivity index (χ2n) is 25.8. The number of nitrogens with two attached hydrogens (primary N) is 6. The second-order valence-corrected chi connectivity index (χ2v) is 27.0. The maximum absolute atomic E-state index is 11.4. The standard InChI is InChI=1S/C19H24N8O2.C17H18N6O2S.C15H14N6O2.C14H13N7O.C14H12N6O2/c1-28-14-7-6-13(12-15(14)29-2)22-18-24-17(20)27(25-18)16-8-9-21-19(23-16)26-10-4-3-5-11-26;1-24-12-8-7-10(9-13(12)25-2)19-16-21-15(18)23(22-16)17-20-11-5-3-4-6-14(11)26-17;1-23-13(22)10-5-7-11(8-6-10)18-15-19-14(16)21(20-15)12-4-2-3-9-17-12;15-12(22)9-4-3-5-10(8-9)18-14-19-13(16)21(20-14)11-6-1-2-7-17-11;15-13-18-14(19-20(13)12-3-1-2-6-16-12)17-9-4-5-10-11(7-9)22-8-21-10/h6-9,12H,3-5,10-11H2,1-2H3,(H3,20,22,24,25);3-9,17,20H,1-2H3,(H3,18,19,21,22);2-9H,1H3,(H3,16,18,19,20);1-8H,(H2,15,22)(H3,16,18,19,20);1-7H,8H2,(H3,15,17,18,19). The molecule has 1 fully saturated rings. The fourth-order valence-electron chi connectivity index (χ4n) is 12.0. The number of piperidine rings is 1. The maximum Gasteiger partial charge on any atom is 0.337 e. The van der Waals surface area contributed by atoms with E-state index in [2.05, 4.69) is 123 Å². The fraction of sp³-hybridized carbons (Fsp3) is 0.152. The van der Waals surface area contributed by atoms with Crippen LogP contribution in [0, 0.1) is 0 Å². The molecule has 15 aromatic rings. The molecule has 42 nitrogen and oxygen atoms in total. The number of nitrogens with one attached hydrogen (secondary N) is 6. The first-order chi connectivity index (χ1) is 59.4. The molecule has 1 atom stereocenters. The summed E-state index contributed by atoms with van der Waals surface area (Å²) in [6.45, 7) is 2.16. The molecule has 622 valence electrons. The third-order valence-electron chi connectivity index (χ3n) is 17.8. The number of nitrogens with zero attached hydrogens (tertiary/aromatic N) is 21. The summed E-state index contributed by atoms with van der Waals surface area (Å²) in [5.41, 5.74) is 40.4. The number of para-hydroxylation sites is 1. The van der Waals surface area contributed by atoms with Crippen LogP contribution in [0.4, 0.5) is 99.6 Å². The number of hydrogen-bond acceptors (Lipinski definition) is 37. The smallest absolute Gasteiger partial charge is 0.337 e. The number of benzene rings is 6. The minimum atomic E-state index is -0.505. The average Bonchev–Trinajstić information content (AvgIpc) is 1.61. The zero-order chi connectivity index (χ0) is 85.0. The number of rotatable bonds is 22. The quantitative estimate of drug-likeness (QED) is 0.0281. The molecule has 0 spiro atoms. The molecule has 3 aliphatic rings. The molecule has 43 heteroatoms. The predicted molar refractivity (Wildman–Crippen MR) is 458 cm³/mol. The number of hydrogen-bond donors (Lipinski definition) is 12. The van der Waals surface area contributed by atoms with Gasteiger partial charge in [0.2, 0.25) is 78.1 Å². The van der Waals surface area contributed by atoms with Crippen LogP contribution in [0.25, 0.3) is 23.3 Å². The zero-order valence-electron chi connectivity index (χ0n) is 66.0. The summed E-state index contributed by atoms with van der Waals surface area (Å²) in [7, 11) is 7.70. The van der Waals surface area contributed by atoms with Crippen LogP contribution in [0.5, 0.6) is 34.5 Å². The van der Waals surface area contributed by atoms with E-state index in [1.54, 1.807) is 167 Å². The monoisotopic (exact) mass is 1670 g/mol. The number of aromatic nitrogens is 20.